The summed E-state index contributed by atoms with van der Waals surface area (Å²) in [5, 5.41) is 10.2. The number of hydrogen-bond donors (Lipinski definition) is 2. The highest BCUT2D eigenvalue weighted by Gasteiger charge is 2.35. The number of amides is 2. The van der Waals surface area contributed by atoms with Crippen LogP contribution in [0.1, 0.15) is 12.5 Å². The van der Waals surface area contributed by atoms with Crippen molar-refractivity contribution >= 4 is 35.1 Å². The minimum Gasteiger partial charge on any atom is -0.325 e. The second-order valence-electron chi connectivity index (χ2n) is 5.81. The molecule has 0 aliphatic carbocycles. The fraction of sp³-hybridized carbons (Fsp3) is 0.111. The van der Waals surface area contributed by atoms with Gasteiger partial charge in [-0.2, -0.15) is 4.98 Å². The first-order valence-electron chi connectivity index (χ1n) is 7.99. The third-order valence-corrected chi connectivity index (χ3v) is 4.35. The molecule has 1 aromatic heterocycles. The lowest BCUT2D eigenvalue weighted by atomic mass is 10.2. The average molecular weight is 368 g/mol. The summed E-state index contributed by atoms with van der Waals surface area (Å²) in [4.78, 5) is 28.9. The fourth-order valence-corrected chi connectivity index (χ4v) is 2.94. The van der Waals surface area contributed by atoms with Crippen LogP contribution in [0.5, 0.6) is 0 Å². The summed E-state index contributed by atoms with van der Waals surface area (Å²) in [6.45, 7) is 0. The number of carbonyl (C=O) groups excluding carboxylic acids is 2. The van der Waals surface area contributed by atoms with Gasteiger partial charge in [0.15, 0.2) is 5.82 Å². The van der Waals surface area contributed by atoms with Crippen LogP contribution in [0.2, 0.25) is 5.02 Å². The molecule has 26 heavy (non-hydrogen) atoms. The number of carbonyl (C=O) groups is 2. The summed E-state index contributed by atoms with van der Waals surface area (Å²) >= 11 is 6.04. The molecule has 1 atom stereocenters. The molecule has 1 unspecified atom stereocenters. The van der Waals surface area contributed by atoms with Gasteiger partial charge in [-0.1, -0.05) is 54.1 Å². The number of halogens is 1. The van der Waals surface area contributed by atoms with Gasteiger partial charge in [-0.25, -0.2) is 4.68 Å². The zero-order valence-electron chi connectivity index (χ0n) is 13.5. The monoisotopic (exact) mass is 367 g/mol. The SMILES string of the molecule is O=C(CC1C(=O)Nc2nc(-c3ccccc3)nn21)Nc1ccccc1Cl. The smallest absolute Gasteiger partial charge is 0.252 e. The minimum atomic E-state index is -0.752. The van der Waals surface area contributed by atoms with Crippen molar-refractivity contribution in [2.75, 3.05) is 10.6 Å². The molecule has 0 saturated heterocycles. The van der Waals surface area contributed by atoms with Crippen LogP contribution < -0.4 is 10.6 Å². The average Bonchev–Trinajstić information content (AvgIpc) is 3.17. The van der Waals surface area contributed by atoms with Crippen molar-refractivity contribution in [3.05, 3.63) is 59.6 Å². The highest BCUT2D eigenvalue weighted by molar-refractivity contribution is 6.33. The molecule has 2 heterocycles. The molecule has 2 N–H and O–H groups in total. The molecule has 1 aliphatic heterocycles. The van der Waals surface area contributed by atoms with Crippen LogP contribution in [-0.4, -0.2) is 26.6 Å². The number of benzene rings is 2. The molecular formula is C18H14ClN5O2. The van der Waals surface area contributed by atoms with Gasteiger partial charge in [-0.3, -0.25) is 14.9 Å². The second-order valence-corrected chi connectivity index (χ2v) is 6.21. The Kier molecular flexibility index (Phi) is 4.14. The Morgan fingerprint density at radius 1 is 1.15 bits per heavy atom. The third-order valence-electron chi connectivity index (χ3n) is 4.02. The van der Waals surface area contributed by atoms with Crippen LogP contribution in [0.15, 0.2) is 54.6 Å². The van der Waals surface area contributed by atoms with Crippen molar-refractivity contribution in [1.82, 2.24) is 14.8 Å². The lowest BCUT2D eigenvalue weighted by Gasteiger charge is -2.10. The summed E-state index contributed by atoms with van der Waals surface area (Å²) in [5.41, 5.74) is 1.34. The Labute approximate surface area is 154 Å². The van der Waals surface area contributed by atoms with Crippen LogP contribution in [0, 0.1) is 0 Å². The summed E-state index contributed by atoms with van der Waals surface area (Å²) in [7, 11) is 0. The van der Waals surface area contributed by atoms with Gasteiger partial charge in [0, 0.05) is 5.56 Å². The van der Waals surface area contributed by atoms with Gasteiger partial charge in [0.1, 0.15) is 6.04 Å². The first-order valence-corrected chi connectivity index (χ1v) is 8.37. The van der Waals surface area contributed by atoms with E-state index in [2.05, 4.69) is 20.7 Å². The van der Waals surface area contributed by atoms with Gasteiger partial charge >= 0.3 is 0 Å². The molecule has 1 aliphatic rings. The lowest BCUT2D eigenvalue weighted by Crippen LogP contribution is -2.23. The molecule has 0 spiro atoms. The number of hydrogen-bond acceptors (Lipinski definition) is 4. The van der Waals surface area contributed by atoms with Crippen LogP contribution in [0.25, 0.3) is 11.4 Å². The standard InChI is InChI=1S/C18H14ClN5O2/c19-12-8-4-5-9-13(12)20-15(25)10-14-17(26)22-18-21-16(23-24(14)18)11-6-2-1-3-7-11/h1-9,14H,10H2,(H,20,25)(H,21,22,23,26). The van der Waals surface area contributed by atoms with Crippen LogP contribution >= 0.6 is 11.6 Å². The summed E-state index contributed by atoms with van der Waals surface area (Å²) in [6.07, 6.45) is -0.0678. The number of nitrogens with zero attached hydrogens (tertiary/aromatic N) is 3. The van der Waals surface area contributed by atoms with Crippen LogP contribution in [-0.2, 0) is 9.59 Å². The normalized spacial score (nSPS) is 15.4. The number of nitrogens with one attached hydrogen (secondary N) is 2. The van der Waals surface area contributed by atoms with E-state index in [1.165, 1.54) is 4.68 Å². The molecule has 0 saturated carbocycles. The Hall–Kier alpha value is -3.19. The van der Waals surface area contributed by atoms with Gasteiger partial charge in [0.2, 0.25) is 11.9 Å². The van der Waals surface area contributed by atoms with Crippen molar-refractivity contribution < 1.29 is 9.59 Å². The van der Waals surface area contributed by atoms with Crippen molar-refractivity contribution in [2.45, 2.75) is 12.5 Å². The number of anilines is 2. The largest absolute Gasteiger partial charge is 0.325 e. The molecule has 2 aromatic carbocycles. The van der Waals surface area contributed by atoms with Gasteiger partial charge in [-0.15, -0.1) is 5.10 Å². The molecular weight excluding hydrogens is 354 g/mol. The van der Waals surface area contributed by atoms with E-state index in [0.29, 0.717) is 22.5 Å². The van der Waals surface area contributed by atoms with E-state index < -0.39 is 6.04 Å². The van der Waals surface area contributed by atoms with E-state index in [1.807, 2.05) is 30.3 Å². The van der Waals surface area contributed by atoms with Gasteiger partial charge in [0.25, 0.3) is 5.91 Å². The molecule has 2 amide bonds. The topological polar surface area (TPSA) is 88.9 Å². The Morgan fingerprint density at radius 3 is 2.65 bits per heavy atom. The minimum absolute atomic E-state index is 0.0678. The lowest BCUT2D eigenvalue weighted by molar-refractivity contribution is -0.123. The van der Waals surface area contributed by atoms with Crippen molar-refractivity contribution in [3.63, 3.8) is 0 Å². The molecule has 130 valence electrons. The molecule has 8 heteroatoms. The van der Waals surface area contributed by atoms with Crippen LogP contribution in [0.3, 0.4) is 0 Å². The van der Waals surface area contributed by atoms with Crippen molar-refractivity contribution in [3.8, 4) is 11.4 Å². The highest BCUT2D eigenvalue weighted by Crippen LogP contribution is 2.29. The van der Waals surface area contributed by atoms with E-state index in [-0.39, 0.29) is 18.2 Å². The van der Waals surface area contributed by atoms with Gasteiger partial charge < -0.3 is 5.32 Å². The predicted molar refractivity (Wildman–Crippen MR) is 97.8 cm³/mol. The van der Waals surface area contributed by atoms with E-state index in [0.717, 1.165) is 5.56 Å². The van der Waals surface area contributed by atoms with E-state index in [9.17, 15) is 9.59 Å². The zero-order valence-corrected chi connectivity index (χ0v) is 14.3. The number of fused-ring (bicyclic) bond motifs is 1. The Bertz CT molecular complexity index is 986. The third kappa shape index (κ3) is 3.04. The Balaban J connectivity index is 1.53. The van der Waals surface area contributed by atoms with Crippen molar-refractivity contribution in [1.29, 1.82) is 0 Å². The molecule has 0 fully saturated rings. The zero-order chi connectivity index (χ0) is 18.1. The molecule has 7 nitrogen and oxygen atoms in total. The molecule has 3 aromatic rings. The summed E-state index contributed by atoms with van der Waals surface area (Å²) < 4.78 is 1.46. The summed E-state index contributed by atoms with van der Waals surface area (Å²) in [5.74, 6) is 0.193. The maximum atomic E-state index is 12.3. The van der Waals surface area contributed by atoms with Crippen LogP contribution in [0.4, 0.5) is 11.6 Å². The maximum absolute atomic E-state index is 12.3. The second kappa shape index (κ2) is 6.61. The number of rotatable bonds is 4. The predicted octanol–water partition coefficient (Wildman–Crippen LogP) is 3.12. The molecule has 0 radical (unpaired) electrons. The first-order chi connectivity index (χ1) is 12.6. The summed E-state index contributed by atoms with van der Waals surface area (Å²) in [6, 6.07) is 15.6. The van der Waals surface area contributed by atoms with Gasteiger partial charge in [-0.05, 0) is 12.1 Å². The highest BCUT2D eigenvalue weighted by atomic mass is 35.5. The number of aromatic nitrogens is 3. The molecule has 0 bridgehead atoms. The molecule has 4 rings (SSSR count). The quantitative estimate of drug-likeness (QED) is 0.741. The Morgan fingerprint density at radius 2 is 1.88 bits per heavy atom. The number of para-hydroxylation sites is 1. The van der Waals surface area contributed by atoms with E-state index in [4.69, 9.17) is 11.6 Å². The van der Waals surface area contributed by atoms with E-state index >= 15 is 0 Å². The van der Waals surface area contributed by atoms with E-state index in [1.54, 1.807) is 24.3 Å². The van der Waals surface area contributed by atoms with Crippen molar-refractivity contribution in [2.24, 2.45) is 0 Å². The first kappa shape index (κ1) is 16.3. The fourth-order valence-electron chi connectivity index (χ4n) is 2.76. The maximum Gasteiger partial charge on any atom is 0.252 e. The van der Waals surface area contributed by atoms with Gasteiger partial charge in [0.05, 0.1) is 17.1 Å².